The summed E-state index contributed by atoms with van der Waals surface area (Å²) in [6, 6.07) is 28.0. The van der Waals surface area contributed by atoms with Gasteiger partial charge in [-0.1, -0.05) is 71.8 Å². The Morgan fingerprint density at radius 1 is 0.596 bits per heavy atom. The van der Waals surface area contributed by atoms with Crippen LogP contribution in [0.3, 0.4) is 0 Å². The summed E-state index contributed by atoms with van der Waals surface area (Å²) < 4.78 is 58.2. The van der Waals surface area contributed by atoms with E-state index in [1.807, 2.05) is 57.1 Å². The first kappa shape index (κ1) is 30.4. The van der Waals surface area contributed by atoms with Crippen molar-refractivity contribution in [1.29, 1.82) is 0 Å². The van der Waals surface area contributed by atoms with Gasteiger partial charge in [0.05, 0.1) is 32.7 Å². The molecule has 7 rings (SSSR count). The molecule has 0 saturated heterocycles. The van der Waals surface area contributed by atoms with Crippen molar-refractivity contribution in [3.63, 3.8) is 0 Å². The lowest BCUT2D eigenvalue weighted by atomic mass is 10.1. The number of rotatable bonds is 7. The number of aromatic nitrogens is 4. The van der Waals surface area contributed by atoms with Crippen LogP contribution in [0.1, 0.15) is 11.1 Å². The molecule has 0 atom stereocenters. The molecule has 11 heteroatoms. The van der Waals surface area contributed by atoms with E-state index < -0.39 is 20.0 Å². The average molecular weight is 662 g/mol. The zero-order valence-corrected chi connectivity index (χ0v) is 27.8. The van der Waals surface area contributed by atoms with Gasteiger partial charge >= 0.3 is 0 Å². The Morgan fingerprint density at radius 3 is 1.53 bits per heavy atom. The Morgan fingerprint density at radius 2 is 1.04 bits per heavy atom. The van der Waals surface area contributed by atoms with Crippen LogP contribution >= 0.6 is 0 Å². The quantitative estimate of drug-likeness (QED) is 0.183. The molecule has 3 heterocycles. The lowest BCUT2D eigenvalue weighted by Crippen LogP contribution is -2.13. The second-order valence-corrected chi connectivity index (χ2v) is 15.3. The van der Waals surface area contributed by atoms with Gasteiger partial charge in [-0.25, -0.2) is 34.7 Å². The van der Waals surface area contributed by atoms with Crippen LogP contribution in [0.15, 0.2) is 125 Å². The van der Waals surface area contributed by atoms with Crippen molar-refractivity contribution in [2.45, 2.75) is 23.6 Å². The maximum atomic E-state index is 13.9. The smallest absolute Gasteiger partial charge is 0.268 e. The number of para-hydroxylation sites is 2. The number of nitrogens with zero attached hydrogens (tertiary/aromatic N) is 5. The fraction of sp³-hybridized carbons (Fsp3) is 0.111. The molecule has 7 aromatic rings. The Balaban J connectivity index is 1.45. The van der Waals surface area contributed by atoms with Crippen LogP contribution in [-0.2, 0) is 20.0 Å². The third-order valence-electron chi connectivity index (χ3n) is 8.22. The molecular formula is C36H31N5O4S2. The molecule has 0 unspecified atom stereocenters. The first-order valence-corrected chi connectivity index (χ1v) is 17.7. The number of benzene rings is 4. The summed E-state index contributed by atoms with van der Waals surface area (Å²) in [5, 5.41) is 1.37. The average Bonchev–Trinajstić information content (AvgIpc) is 3.65. The number of fused-ring (bicyclic) bond motifs is 2. The third kappa shape index (κ3) is 5.08. The minimum absolute atomic E-state index is 0.172. The summed E-state index contributed by atoms with van der Waals surface area (Å²) in [6.45, 7) is 3.81. The van der Waals surface area contributed by atoms with Gasteiger partial charge in [-0.05, 0) is 50.2 Å². The minimum Gasteiger partial charge on any atom is -0.361 e. The van der Waals surface area contributed by atoms with Crippen LogP contribution in [-0.4, -0.2) is 48.8 Å². The van der Waals surface area contributed by atoms with Crippen molar-refractivity contribution >= 4 is 47.7 Å². The van der Waals surface area contributed by atoms with E-state index >= 15 is 0 Å². The van der Waals surface area contributed by atoms with Gasteiger partial charge in [-0.15, -0.1) is 0 Å². The van der Waals surface area contributed by atoms with Gasteiger partial charge in [0.1, 0.15) is 5.69 Å². The van der Waals surface area contributed by atoms with Gasteiger partial charge in [0.25, 0.3) is 20.0 Å². The molecule has 9 nitrogen and oxygen atoms in total. The molecule has 3 aromatic heterocycles. The number of aryl methyl sites for hydroxylation is 2. The van der Waals surface area contributed by atoms with Crippen molar-refractivity contribution in [3.8, 4) is 22.5 Å². The fourth-order valence-corrected chi connectivity index (χ4v) is 8.50. The van der Waals surface area contributed by atoms with E-state index in [4.69, 9.17) is 9.97 Å². The Bertz CT molecular complexity index is 2530. The molecule has 47 heavy (non-hydrogen) atoms. The lowest BCUT2D eigenvalue weighted by molar-refractivity contribution is 0.587. The first-order valence-electron chi connectivity index (χ1n) is 14.9. The molecular weight excluding hydrogens is 631 g/mol. The van der Waals surface area contributed by atoms with E-state index in [0.717, 1.165) is 11.1 Å². The summed E-state index contributed by atoms with van der Waals surface area (Å²) in [6.07, 6.45) is 4.78. The van der Waals surface area contributed by atoms with E-state index in [9.17, 15) is 16.8 Å². The van der Waals surface area contributed by atoms with Gasteiger partial charge in [0, 0.05) is 48.4 Å². The summed E-state index contributed by atoms with van der Waals surface area (Å²) >= 11 is 0. The molecule has 236 valence electrons. The van der Waals surface area contributed by atoms with Crippen LogP contribution in [0.5, 0.6) is 0 Å². The zero-order chi connectivity index (χ0) is 33.1. The molecule has 0 saturated carbocycles. The Labute approximate surface area is 273 Å². The highest BCUT2D eigenvalue weighted by atomic mass is 32.2. The number of anilines is 1. The van der Waals surface area contributed by atoms with E-state index in [1.54, 1.807) is 91.4 Å². The summed E-state index contributed by atoms with van der Waals surface area (Å²) in [5.41, 5.74) is 4.97. The normalized spacial score (nSPS) is 12.2. The second kappa shape index (κ2) is 11.2. The molecule has 0 aliphatic carbocycles. The maximum absolute atomic E-state index is 13.9. The van der Waals surface area contributed by atoms with E-state index in [2.05, 4.69) is 0 Å². The standard InChI is InChI=1S/C36H31N5O4S2/c1-24-13-17-26(18-14-24)46(42,43)40-22-30(28-9-5-7-11-33(28)40)32-21-37-36(39(3)4)35(38-32)31-23-41(34-12-8-6-10-29(31)34)47(44,45)27-19-15-25(2)16-20-27/h5-23H,1-4H3. The molecule has 0 aliphatic rings. The molecule has 0 aliphatic heterocycles. The van der Waals surface area contributed by atoms with Crippen LogP contribution in [0.4, 0.5) is 5.82 Å². The lowest BCUT2D eigenvalue weighted by Gasteiger charge is -2.16. The fourth-order valence-electron chi connectivity index (χ4n) is 5.76. The summed E-state index contributed by atoms with van der Waals surface area (Å²) in [5.74, 6) is 0.528. The van der Waals surface area contributed by atoms with Gasteiger partial charge < -0.3 is 4.90 Å². The monoisotopic (exact) mass is 661 g/mol. The van der Waals surface area contributed by atoms with E-state index in [0.29, 0.717) is 50.1 Å². The first-order chi connectivity index (χ1) is 22.5. The number of hydrogen-bond acceptors (Lipinski definition) is 7. The van der Waals surface area contributed by atoms with Crippen LogP contribution in [0.2, 0.25) is 0 Å². The molecule has 0 spiro atoms. The van der Waals surface area contributed by atoms with Crippen molar-refractivity contribution < 1.29 is 16.8 Å². The van der Waals surface area contributed by atoms with Crippen molar-refractivity contribution in [1.82, 2.24) is 17.9 Å². The molecule has 0 fully saturated rings. The van der Waals surface area contributed by atoms with E-state index in [1.165, 1.54) is 7.94 Å². The summed E-state index contributed by atoms with van der Waals surface area (Å²) in [4.78, 5) is 12.0. The molecule has 4 aromatic carbocycles. The van der Waals surface area contributed by atoms with Crippen LogP contribution in [0.25, 0.3) is 44.3 Å². The predicted molar refractivity (Wildman–Crippen MR) is 186 cm³/mol. The second-order valence-electron chi connectivity index (χ2n) is 11.7. The zero-order valence-electron chi connectivity index (χ0n) is 26.2. The largest absolute Gasteiger partial charge is 0.361 e. The van der Waals surface area contributed by atoms with Crippen LogP contribution in [0, 0.1) is 13.8 Å². The molecule has 0 bridgehead atoms. The van der Waals surface area contributed by atoms with Gasteiger partial charge in [0.2, 0.25) is 0 Å². The topological polar surface area (TPSA) is 107 Å². The Hall–Kier alpha value is -5.26. The van der Waals surface area contributed by atoms with Crippen molar-refractivity contribution in [2.75, 3.05) is 19.0 Å². The Kier molecular flexibility index (Phi) is 7.25. The summed E-state index contributed by atoms with van der Waals surface area (Å²) in [7, 11) is -4.20. The van der Waals surface area contributed by atoms with Crippen LogP contribution < -0.4 is 4.90 Å². The van der Waals surface area contributed by atoms with Gasteiger partial charge in [0.15, 0.2) is 5.82 Å². The van der Waals surface area contributed by atoms with E-state index in [-0.39, 0.29) is 9.79 Å². The van der Waals surface area contributed by atoms with Crippen molar-refractivity contribution in [3.05, 3.63) is 127 Å². The number of hydrogen-bond donors (Lipinski definition) is 0. The third-order valence-corrected chi connectivity index (χ3v) is 11.6. The minimum atomic E-state index is -3.95. The maximum Gasteiger partial charge on any atom is 0.268 e. The highest BCUT2D eigenvalue weighted by Gasteiger charge is 2.26. The SMILES string of the molecule is Cc1ccc(S(=O)(=O)n2cc(-c3cnc(N(C)C)c(-c4cn(S(=O)(=O)c5ccc(C)cc5)c5ccccc45)n3)c3ccccc32)cc1. The highest BCUT2D eigenvalue weighted by Crippen LogP contribution is 2.39. The molecule has 0 amide bonds. The van der Waals surface area contributed by atoms with Gasteiger partial charge in [-0.2, -0.15) is 0 Å². The van der Waals surface area contributed by atoms with Gasteiger partial charge in [-0.3, -0.25) is 0 Å². The molecule has 0 radical (unpaired) electrons. The predicted octanol–water partition coefficient (Wildman–Crippen LogP) is 6.88. The van der Waals surface area contributed by atoms with Crippen molar-refractivity contribution in [2.24, 2.45) is 0 Å². The highest BCUT2D eigenvalue weighted by molar-refractivity contribution is 7.90. The molecule has 0 N–H and O–H groups in total.